The van der Waals surface area contributed by atoms with E-state index in [0.717, 1.165) is 83.0 Å². The molecule has 0 N–H and O–H groups in total. The molecule has 5 aliphatic rings. The van der Waals surface area contributed by atoms with Crippen molar-refractivity contribution in [3.05, 3.63) is 71.0 Å². The highest BCUT2D eigenvalue weighted by molar-refractivity contribution is 5.76. The summed E-state index contributed by atoms with van der Waals surface area (Å²) < 4.78 is 36.6. The molecule has 8 nitrogen and oxygen atoms in total. The fourth-order valence-corrected chi connectivity index (χ4v) is 5.92. The zero-order valence-electron chi connectivity index (χ0n) is 21.3. The standard InChI is InChI=1S/C30H27N2O6/c1-31-21-11-25-27(35-15-33-25)13-23(21)37-29(31)9-17-3-5-19-6-4-18(8-20(19)7-17)10-30-32(2)22-12-26-28(36-16-34-26)14-24(22)38-30/h7-14,19H,3-6,15-16H2,1-2H3/q+1. The van der Waals surface area contributed by atoms with Gasteiger partial charge in [-0.05, 0) is 48.3 Å². The van der Waals surface area contributed by atoms with Gasteiger partial charge in [0.15, 0.2) is 28.7 Å². The molecule has 38 heavy (non-hydrogen) atoms. The Hall–Kier alpha value is -4.33. The lowest BCUT2D eigenvalue weighted by Gasteiger charge is -2.28. The van der Waals surface area contributed by atoms with Gasteiger partial charge in [0, 0.05) is 31.3 Å². The first-order valence-electron chi connectivity index (χ1n) is 13.0. The highest BCUT2D eigenvalue weighted by atomic mass is 16.7. The van der Waals surface area contributed by atoms with Gasteiger partial charge in [0.25, 0.3) is 5.52 Å². The number of rotatable bonds is 2. The first kappa shape index (κ1) is 21.7. The van der Waals surface area contributed by atoms with E-state index in [-0.39, 0.29) is 13.6 Å². The number of fused-ring (bicyclic) bond motifs is 5. The first-order valence-corrected chi connectivity index (χ1v) is 13.0. The van der Waals surface area contributed by atoms with Gasteiger partial charge in [-0.25, -0.2) is 0 Å². The molecule has 0 radical (unpaired) electrons. The van der Waals surface area contributed by atoms with Crippen molar-refractivity contribution in [3.63, 3.8) is 0 Å². The Morgan fingerprint density at radius 3 is 2.42 bits per heavy atom. The number of hydrogen-bond acceptors (Lipinski definition) is 7. The van der Waals surface area contributed by atoms with E-state index in [1.54, 1.807) is 0 Å². The number of benzene rings is 2. The highest BCUT2D eigenvalue weighted by Crippen LogP contribution is 2.47. The molecule has 1 unspecified atom stereocenters. The van der Waals surface area contributed by atoms with E-state index in [9.17, 15) is 0 Å². The summed E-state index contributed by atoms with van der Waals surface area (Å²) in [5.41, 5.74) is 6.68. The van der Waals surface area contributed by atoms with Gasteiger partial charge >= 0.3 is 5.89 Å². The zero-order chi connectivity index (χ0) is 25.4. The van der Waals surface area contributed by atoms with E-state index in [0.29, 0.717) is 5.92 Å². The van der Waals surface area contributed by atoms with Crippen LogP contribution in [0.15, 0.2) is 69.5 Å². The van der Waals surface area contributed by atoms with Crippen LogP contribution in [0, 0.1) is 5.92 Å². The molecular formula is C30H27N2O6+. The van der Waals surface area contributed by atoms with Crippen molar-refractivity contribution in [1.29, 1.82) is 0 Å². The number of anilines is 1. The third-order valence-corrected chi connectivity index (χ3v) is 8.08. The number of nitrogens with zero attached hydrogens (tertiary/aromatic N) is 2. The monoisotopic (exact) mass is 511 g/mol. The molecule has 2 aromatic carbocycles. The van der Waals surface area contributed by atoms with E-state index in [1.165, 1.54) is 16.7 Å². The molecule has 3 aliphatic heterocycles. The van der Waals surface area contributed by atoms with Crippen molar-refractivity contribution in [2.45, 2.75) is 25.7 Å². The minimum absolute atomic E-state index is 0.255. The summed E-state index contributed by atoms with van der Waals surface area (Å²) in [6.07, 6.45) is 13.3. The average molecular weight is 512 g/mol. The Kier molecular flexibility index (Phi) is 4.62. The molecule has 192 valence electrons. The van der Waals surface area contributed by atoms with Crippen molar-refractivity contribution in [2.24, 2.45) is 13.0 Å². The van der Waals surface area contributed by atoms with Crippen LogP contribution in [-0.2, 0) is 7.05 Å². The average Bonchev–Trinajstić information content (AvgIpc) is 3.69. The topological polar surface area (TPSA) is 66.4 Å². The summed E-state index contributed by atoms with van der Waals surface area (Å²) in [5, 5.41) is 0. The van der Waals surface area contributed by atoms with Gasteiger partial charge in [0.05, 0.1) is 17.8 Å². The third-order valence-electron chi connectivity index (χ3n) is 8.08. The van der Waals surface area contributed by atoms with Crippen LogP contribution in [0.4, 0.5) is 5.69 Å². The molecule has 0 spiro atoms. The summed E-state index contributed by atoms with van der Waals surface area (Å²) in [4.78, 5) is 2.07. The van der Waals surface area contributed by atoms with Crippen LogP contribution >= 0.6 is 0 Å². The maximum Gasteiger partial charge on any atom is 0.374 e. The number of aryl methyl sites for hydroxylation is 1. The molecule has 3 aromatic rings. The molecule has 0 saturated heterocycles. The predicted molar refractivity (Wildman–Crippen MR) is 139 cm³/mol. The SMILES string of the molecule is CN1/C(=C/C2=CC3=C/C(=C/c4oc5cc6c(cc5[n+]4C)OCO6)CCC3CC2)Oc2cc3c(cc21)OCO3. The van der Waals surface area contributed by atoms with E-state index < -0.39 is 0 Å². The molecule has 1 aromatic heterocycles. The molecule has 8 heteroatoms. The van der Waals surface area contributed by atoms with Gasteiger partial charge in [0.1, 0.15) is 7.05 Å². The van der Waals surface area contributed by atoms with E-state index in [2.05, 4.69) is 33.8 Å². The minimum Gasteiger partial charge on any atom is -0.454 e. The number of ether oxygens (including phenoxy) is 5. The van der Waals surface area contributed by atoms with Crippen LogP contribution in [0.25, 0.3) is 17.2 Å². The lowest BCUT2D eigenvalue weighted by molar-refractivity contribution is -0.652. The van der Waals surface area contributed by atoms with Gasteiger partial charge < -0.3 is 33.0 Å². The van der Waals surface area contributed by atoms with Crippen LogP contribution in [0.2, 0.25) is 0 Å². The number of allylic oxidation sites excluding steroid dienone is 6. The fraction of sp³-hybridized carbons (Fsp3) is 0.300. The molecule has 8 rings (SSSR count). The number of oxazole rings is 1. The van der Waals surface area contributed by atoms with Gasteiger partial charge in [-0.2, -0.15) is 4.57 Å². The van der Waals surface area contributed by atoms with Crippen LogP contribution in [0.1, 0.15) is 31.6 Å². The molecule has 2 aliphatic carbocycles. The van der Waals surface area contributed by atoms with Crippen molar-refractivity contribution >= 4 is 22.9 Å². The van der Waals surface area contributed by atoms with Crippen molar-refractivity contribution < 1.29 is 32.7 Å². The normalized spacial score (nSPS) is 23.0. The van der Waals surface area contributed by atoms with E-state index in [1.807, 2.05) is 38.4 Å². The Labute approximate surface area is 219 Å². The number of hydrogen-bond donors (Lipinski definition) is 0. The van der Waals surface area contributed by atoms with Gasteiger partial charge in [-0.15, -0.1) is 0 Å². The number of aromatic nitrogens is 1. The van der Waals surface area contributed by atoms with Crippen molar-refractivity contribution in [1.82, 2.24) is 0 Å². The first-order chi connectivity index (χ1) is 18.6. The zero-order valence-corrected chi connectivity index (χ0v) is 21.3. The molecule has 0 amide bonds. The largest absolute Gasteiger partial charge is 0.454 e. The maximum absolute atomic E-state index is 6.20. The Morgan fingerprint density at radius 2 is 1.58 bits per heavy atom. The van der Waals surface area contributed by atoms with Crippen molar-refractivity contribution in [2.75, 3.05) is 25.5 Å². The minimum atomic E-state index is 0.255. The molecule has 0 bridgehead atoms. The molecule has 0 saturated carbocycles. The molecule has 0 fully saturated rings. The fourth-order valence-electron chi connectivity index (χ4n) is 5.92. The van der Waals surface area contributed by atoms with Crippen LogP contribution < -0.4 is 33.2 Å². The van der Waals surface area contributed by atoms with E-state index in [4.69, 9.17) is 28.1 Å². The maximum atomic E-state index is 6.20. The van der Waals surface area contributed by atoms with Crippen LogP contribution in [-0.4, -0.2) is 20.6 Å². The summed E-state index contributed by atoms with van der Waals surface area (Å²) in [6.45, 7) is 0.509. The molecule has 1 atom stereocenters. The van der Waals surface area contributed by atoms with Crippen LogP contribution in [0.5, 0.6) is 28.7 Å². The quantitative estimate of drug-likeness (QED) is 0.420. The Bertz CT molecular complexity index is 1640. The molecular weight excluding hydrogens is 484 g/mol. The summed E-state index contributed by atoms with van der Waals surface area (Å²) in [7, 11) is 4.04. The van der Waals surface area contributed by atoms with E-state index >= 15 is 0 Å². The highest BCUT2D eigenvalue weighted by Gasteiger charge is 2.30. The summed E-state index contributed by atoms with van der Waals surface area (Å²) in [6, 6.07) is 7.78. The van der Waals surface area contributed by atoms with Gasteiger partial charge in [-0.3, -0.25) is 0 Å². The second-order valence-electron chi connectivity index (χ2n) is 10.3. The van der Waals surface area contributed by atoms with Gasteiger partial charge in [0.2, 0.25) is 25.1 Å². The smallest absolute Gasteiger partial charge is 0.374 e. The van der Waals surface area contributed by atoms with Crippen molar-refractivity contribution in [3.8, 4) is 28.7 Å². The lowest BCUT2D eigenvalue weighted by Crippen LogP contribution is -2.29. The Morgan fingerprint density at radius 1 is 0.842 bits per heavy atom. The van der Waals surface area contributed by atoms with Gasteiger partial charge in [-0.1, -0.05) is 12.2 Å². The third kappa shape index (κ3) is 3.40. The predicted octanol–water partition coefficient (Wildman–Crippen LogP) is 5.52. The Balaban J connectivity index is 1.09. The second kappa shape index (κ2) is 8.08. The van der Waals surface area contributed by atoms with Crippen LogP contribution in [0.3, 0.4) is 0 Å². The summed E-state index contributed by atoms with van der Waals surface area (Å²) in [5.74, 6) is 5.99. The lowest BCUT2D eigenvalue weighted by atomic mass is 9.77. The second-order valence-corrected chi connectivity index (χ2v) is 10.3. The summed E-state index contributed by atoms with van der Waals surface area (Å²) >= 11 is 0. The molecule has 4 heterocycles.